The molecular weight excluding hydrogens is 524 g/mol. The van der Waals surface area contributed by atoms with E-state index >= 15 is 0 Å². The average molecular weight is 565 g/mol. The van der Waals surface area contributed by atoms with Gasteiger partial charge >= 0.3 is 6.09 Å². The first-order valence-corrected chi connectivity index (χ1v) is 14.5. The van der Waals surface area contributed by atoms with E-state index in [1.165, 1.54) is 4.90 Å². The van der Waals surface area contributed by atoms with Crippen LogP contribution >= 0.6 is 0 Å². The van der Waals surface area contributed by atoms with Crippen LogP contribution in [0.5, 0.6) is 0 Å². The van der Waals surface area contributed by atoms with E-state index in [2.05, 4.69) is 11.4 Å². The second kappa shape index (κ2) is 11.0. The van der Waals surface area contributed by atoms with Gasteiger partial charge in [-0.2, -0.15) is 5.26 Å². The molecule has 3 aliphatic heterocycles. The first-order chi connectivity index (χ1) is 19.4. The molecule has 3 saturated heterocycles. The van der Waals surface area contributed by atoms with Gasteiger partial charge in [-0.15, -0.1) is 0 Å². The van der Waals surface area contributed by atoms with Crippen molar-refractivity contribution in [1.82, 2.24) is 24.9 Å². The van der Waals surface area contributed by atoms with E-state index in [9.17, 15) is 24.4 Å². The van der Waals surface area contributed by atoms with Crippen molar-refractivity contribution in [2.45, 2.75) is 88.7 Å². The molecule has 11 heteroatoms. The largest absolute Gasteiger partial charge is 0.444 e. The van der Waals surface area contributed by atoms with E-state index < -0.39 is 23.8 Å². The van der Waals surface area contributed by atoms with Crippen LogP contribution in [0.4, 0.5) is 4.79 Å². The summed E-state index contributed by atoms with van der Waals surface area (Å²) in [5, 5.41) is 12.3. The van der Waals surface area contributed by atoms with Gasteiger partial charge in [0.2, 0.25) is 11.8 Å². The number of aryl methyl sites for hydroxylation is 1. The minimum atomic E-state index is -0.931. The van der Waals surface area contributed by atoms with Gasteiger partial charge in [-0.25, -0.2) is 4.79 Å². The molecule has 1 N–H and O–H groups in total. The quantitative estimate of drug-likeness (QED) is 0.561. The Balaban J connectivity index is 1.30. The lowest BCUT2D eigenvalue weighted by molar-refractivity contribution is -0.141. The molecule has 0 saturated carbocycles. The van der Waals surface area contributed by atoms with Gasteiger partial charge in [-0.3, -0.25) is 19.3 Å². The number of piperazine rings is 1. The van der Waals surface area contributed by atoms with Crippen molar-refractivity contribution in [3.05, 3.63) is 34.9 Å². The summed E-state index contributed by atoms with van der Waals surface area (Å²) in [7, 11) is 3.47. The SMILES string of the molecule is CN(C)C(=O)c1ccc2c(c1)CC[C@@H]2N1C(=O)[C@@H]2CC1CN2C[C@H](NC(=O)OC(C)(C)C)C(=O)N1CCC[C@H]1C#N. The number of likely N-dealkylation sites (tertiary alicyclic amines) is 3. The standard InChI is InChI=1S/C30H40N6O5/c1-30(2,3)41-29(40)32-23(27(38)35-12-6-7-20(35)15-31)17-34-16-21-14-25(34)28(39)36(21)24-11-9-18-13-19(8-10-22(18)24)26(37)33(4)5/h8,10,13,20-21,23-25H,6-7,9,11-12,14,16-17H2,1-5H3,(H,32,40)/t20-,21?,23-,24-,25-/m0/s1. The number of nitrogens with one attached hydrogen (secondary N) is 1. The maximum atomic E-state index is 13.7. The second-order valence-corrected chi connectivity index (χ2v) is 12.8. The Morgan fingerprint density at radius 1 is 1.20 bits per heavy atom. The highest BCUT2D eigenvalue weighted by atomic mass is 16.6. The Hall–Kier alpha value is -3.65. The number of hydrogen-bond acceptors (Lipinski definition) is 7. The van der Waals surface area contributed by atoms with Crippen molar-refractivity contribution < 1.29 is 23.9 Å². The van der Waals surface area contributed by atoms with Crippen molar-refractivity contribution in [3.8, 4) is 6.07 Å². The Morgan fingerprint density at radius 3 is 2.61 bits per heavy atom. The highest BCUT2D eigenvalue weighted by molar-refractivity contribution is 5.94. The summed E-state index contributed by atoms with van der Waals surface area (Å²) in [5.41, 5.74) is 2.13. The Labute approximate surface area is 241 Å². The van der Waals surface area contributed by atoms with Gasteiger partial charge in [0.15, 0.2) is 0 Å². The number of nitrogens with zero attached hydrogens (tertiary/aromatic N) is 5. The number of carbonyl (C=O) groups excluding carboxylic acids is 4. The maximum Gasteiger partial charge on any atom is 0.408 e. The van der Waals surface area contributed by atoms with Crippen LogP contribution in [-0.4, -0.2) is 107 Å². The first kappa shape index (κ1) is 28.9. The summed E-state index contributed by atoms with van der Waals surface area (Å²) in [4.78, 5) is 59.5. The van der Waals surface area contributed by atoms with E-state index in [0.717, 1.165) is 30.4 Å². The summed E-state index contributed by atoms with van der Waals surface area (Å²) in [6, 6.07) is 6.12. The summed E-state index contributed by atoms with van der Waals surface area (Å²) in [6.45, 7) is 6.50. The maximum absolute atomic E-state index is 13.7. The number of fused-ring (bicyclic) bond motifs is 3. The number of ether oxygens (including phenoxy) is 1. The molecule has 1 unspecified atom stereocenters. The van der Waals surface area contributed by atoms with Crippen molar-refractivity contribution >= 4 is 23.8 Å². The molecule has 11 nitrogen and oxygen atoms in total. The molecular formula is C30H40N6O5. The lowest BCUT2D eigenvalue weighted by Gasteiger charge is -2.39. The molecule has 1 aromatic carbocycles. The fourth-order valence-corrected chi connectivity index (χ4v) is 6.81. The highest BCUT2D eigenvalue weighted by Gasteiger charge is 2.53. The number of carbonyl (C=O) groups is 4. The van der Waals surface area contributed by atoms with Gasteiger partial charge in [0.25, 0.3) is 5.91 Å². The van der Waals surface area contributed by atoms with Gasteiger partial charge < -0.3 is 24.8 Å². The molecule has 4 aliphatic rings. The zero-order valence-electron chi connectivity index (χ0n) is 24.6. The van der Waals surface area contributed by atoms with Crippen LogP contribution in [0, 0.1) is 11.3 Å². The fourth-order valence-electron chi connectivity index (χ4n) is 6.81. The summed E-state index contributed by atoms with van der Waals surface area (Å²) < 4.78 is 5.43. The molecule has 4 amide bonds. The lowest BCUT2D eigenvalue weighted by atomic mass is 10.0. The molecule has 1 aliphatic carbocycles. The zero-order chi connectivity index (χ0) is 29.6. The minimum Gasteiger partial charge on any atom is -0.444 e. The van der Waals surface area contributed by atoms with E-state index in [1.807, 2.05) is 28.0 Å². The van der Waals surface area contributed by atoms with Gasteiger partial charge in [0.05, 0.1) is 18.2 Å². The van der Waals surface area contributed by atoms with Crippen molar-refractivity contribution in [2.24, 2.45) is 0 Å². The van der Waals surface area contributed by atoms with E-state index in [4.69, 9.17) is 4.74 Å². The molecule has 220 valence electrons. The van der Waals surface area contributed by atoms with Crippen LogP contribution < -0.4 is 5.32 Å². The normalized spacial score (nSPS) is 26.1. The Morgan fingerprint density at radius 2 is 1.95 bits per heavy atom. The van der Waals surface area contributed by atoms with Crippen LogP contribution in [0.1, 0.15) is 74.0 Å². The number of hydrogen-bond donors (Lipinski definition) is 1. The van der Waals surface area contributed by atoms with Gasteiger partial charge in [0, 0.05) is 45.3 Å². The third-order valence-corrected chi connectivity index (χ3v) is 8.58. The van der Waals surface area contributed by atoms with Crippen LogP contribution in [0.2, 0.25) is 0 Å². The lowest BCUT2D eigenvalue weighted by Crippen LogP contribution is -2.59. The number of rotatable bonds is 6. The summed E-state index contributed by atoms with van der Waals surface area (Å²) >= 11 is 0. The van der Waals surface area contributed by atoms with Crippen LogP contribution in [0.25, 0.3) is 0 Å². The molecule has 0 aromatic heterocycles. The number of benzene rings is 1. The van der Waals surface area contributed by atoms with Gasteiger partial charge in [-0.05, 0) is 76.1 Å². The van der Waals surface area contributed by atoms with Gasteiger partial charge in [-0.1, -0.05) is 6.07 Å². The molecule has 1 aromatic rings. The number of amides is 4. The van der Waals surface area contributed by atoms with Crippen LogP contribution in [-0.2, 0) is 20.7 Å². The highest BCUT2D eigenvalue weighted by Crippen LogP contribution is 2.44. The minimum absolute atomic E-state index is 0.00227. The van der Waals surface area contributed by atoms with E-state index in [-0.39, 0.29) is 42.4 Å². The number of nitriles is 1. The second-order valence-electron chi connectivity index (χ2n) is 12.8. The zero-order valence-corrected chi connectivity index (χ0v) is 24.6. The molecule has 0 radical (unpaired) electrons. The number of alkyl carbamates (subject to hydrolysis) is 1. The van der Waals surface area contributed by atoms with Crippen molar-refractivity contribution in [1.29, 1.82) is 5.26 Å². The molecule has 5 atom stereocenters. The average Bonchev–Trinajstić information content (AvgIpc) is 3.69. The van der Waals surface area contributed by atoms with Crippen LogP contribution in [0.3, 0.4) is 0 Å². The summed E-state index contributed by atoms with van der Waals surface area (Å²) in [6.07, 6.45) is 2.94. The topological polar surface area (TPSA) is 126 Å². The summed E-state index contributed by atoms with van der Waals surface area (Å²) in [5.74, 6) is -0.325. The smallest absolute Gasteiger partial charge is 0.408 e. The third kappa shape index (κ3) is 5.62. The predicted octanol–water partition coefficient (Wildman–Crippen LogP) is 2.07. The molecule has 0 spiro atoms. The molecule has 2 bridgehead atoms. The van der Waals surface area contributed by atoms with Crippen molar-refractivity contribution in [2.75, 3.05) is 33.7 Å². The predicted molar refractivity (Wildman–Crippen MR) is 150 cm³/mol. The molecule has 5 rings (SSSR count). The van der Waals surface area contributed by atoms with E-state index in [1.54, 1.807) is 39.8 Å². The fraction of sp³-hybridized carbons (Fsp3) is 0.633. The van der Waals surface area contributed by atoms with E-state index in [0.29, 0.717) is 31.5 Å². The monoisotopic (exact) mass is 564 g/mol. The molecule has 3 fully saturated rings. The molecule has 41 heavy (non-hydrogen) atoms. The van der Waals surface area contributed by atoms with Crippen molar-refractivity contribution in [3.63, 3.8) is 0 Å². The molecule has 3 heterocycles. The Bertz CT molecular complexity index is 1280. The Kier molecular flexibility index (Phi) is 7.72. The third-order valence-electron chi connectivity index (χ3n) is 8.58. The van der Waals surface area contributed by atoms with Crippen LogP contribution in [0.15, 0.2) is 18.2 Å². The first-order valence-electron chi connectivity index (χ1n) is 14.5. The van der Waals surface area contributed by atoms with Gasteiger partial charge in [0.1, 0.15) is 17.7 Å².